The van der Waals surface area contributed by atoms with Gasteiger partial charge in [-0.15, -0.1) is 11.3 Å². The van der Waals surface area contributed by atoms with Crippen LogP contribution in [0, 0.1) is 0 Å². The lowest BCUT2D eigenvalue weighted by molar-refractivity contribution is 0.250. The van der Waals surface area contributed by atoms with E-state index in [2.05, 4.69) is 15.6 Å². The van der Waals surface area contributed by atoms with Gasteiger partial charge in [0.1, 0.15) is 0 Å². The molecule has 4 N–H and O–H groups in total. The number of rotatable bonds is 7. The smallest absolute Gasteiger partial charge is 0.321 e. The lowest BCUT2D eigenvalue weighted by Gasteiger charge is -2.19. The van der Waals surface area contributed by atoms with Crippen LogP contribution >= 0.6 is 11.3 Å². The van der Waals surface area contributed by atoms with Crippen LogP contribution in [-0.4, -0.2) is 11.0 Å². The summed E-state index contributed by atoms with van der Waals surface area (Å²) in [5.41, 5.74) is 10.3. The summed E-state index contributed by atoms with van der Waals surface area (Å²) in [7, 11) is 0. The first-order chi connectivity index (χ1) is 15.2. The van der Waals surface area contributed by atoms with E-state index in [1.54, 1.807) is 0 Å². The molecule has 1 aromatic heterocycles. The number of anilines is 1. The van der Waals surface area contributed by atoms with Gasteiger partial charge in [0.05, 0.1) is 17.8 Å². The lowest BCUT2D eigenvalue weighted by Crippen LogP contribution is -2.33. The topological polar surface area (TPSA) is 80.0 Å². The minimum Gasteiger partial charge on any atom is -0.327 e. The van der Waals surface area contributed by atoms with Gasteiger partial charge in [-0.2, -0.15) is 0 Å². The van der Waals surface area contributed by atoms with Crippen LogP contribution in [0.5, 0.6) is 0 Å². The molecule has 31 heavy (non-hydrogen) atoms. The molecular formula is C25H24N4OS. The van der Waals surface area contributed by atoms with Crippen LogP contribution in [0.4, 0.5) is 9.93 Å². The van der Waals surface area contributed by atoms with Crippen LogP contribution in [0.2, 0.25) is 0 Å². The molecule has 3 aromatic carbocycles. The van der Waals surface area contributed by atoms with Gasteiger partial charge in [0.2, 0.25) is 0 Å². The summed E-state index contributed by atoms with van der Waals surface area (Å²) in [6.07, 6.45) is 0.695. The molecule has 1 atom stereocenters. The van der Waals surface area contributed by atoms with Crippen molar-refractivity contribution in [3.05, 3.63) is 119 Å². The highest BCUT2D eigenvalue weighted by molar-refractivity contribution is 7.13. The molecule has 1 heterocycles. The largest absolute Gasteiger partial charge is 0.327 e. The molecule has 4 rings (SSSR count). The minimum absolute atomic E-state index is 0.223. The number of carbonyl (C=O) groups is 1. The standard InChI is InChI=1S/C25H24N4OS/c26-21(16-18-10-4-1-5-11-18)22-17-31-25(27-22)29-24(30)28-23(19-12-6-2-7-13-19)20-14-8-3-9-15-20/h1-15,17,21,23H,16,26H2,(H2,27,28,29,30). The highest BCUT2D eigenvalue weighted by atomic mass is 32.1. The molecule has 2 amide bonds. The lowest BCUT2D eigenvalue weighted by atomic mass is 9.99. The third-order valence-electron chi connectivity index (χ3n) is 4.96. The zero-order chi connectivity index (χ0) is 21.5. The number of thiazole rings is 1. The second kappa shape index (κ2) is 10.0. The van der Waals surface area contributed by atoms with E-state index in [0.717, 1.165) is 22.4 Å². The Morgan fingerprint density at radius 3 is 2.00 bits per heavy atom. The summed E-state index contributed by atoms with van der Waals surface area (Å²) < 4.78 is 0. The molecule has 0 bridgehead atoms. The zero-order valence-electron chi connectivity index (χ0n) is 16.9. The van der Waals surface area contributed by atoms with Crippen LogP contribution in [0.15, 0.2) is 96.4 Å². The Kier molecular flexibility index (Phi) is 6.72. The van der Waals surface area contributed by atoms with Crippen molar-refractivity contribution < 1.29 is 4.79 Å². The number of urea groups is 1. The average molecular weight is 429 g/mol. The molecule has 156 valence electrons. The number of hydrogen-bond donors (Lipinski definition) is 3. The third kappa shape index (κ3) is 5.57. The third-order valence-corrected chi connectivity index (χ3v) is 5.74. The molecule has 0 aliphatic carbocycles. The Bertz CT molecular complexity index is 1060. The summed E-state index contributed by atoms with van der Waals surface area (Å²) >= 11 is 1.37. The van der Waals surface area contributed by atoms with E-state index in [9.17, 15) is 4.79 Å². The van der Waals surface area contributed by atoms with Gasteiger partial charge >= 0.3 is 6.03 Å². The summed E-state index contributed by atoms with van der Waals surface area (Å²) in [6.45, 7) is 0. The van der Waals surface area contributed by atoms with E-state index in [4.69, 9.17) is 5.73 Å². The van der Waals surface area contributed by atoms with Crippen molar-refractivity contribution in [3.8, 4) is 0 Å². The van der Waals surface area contributed by atoms with Gasteiger partial charge in [-0.3, -0.25) is 5.32 Å². The molecule has 0 saturated carbocycles. The van der Waals surface area contributed by atoms with E-state index in [-0.39, 0.29) is 18.1 Å². The highest BCUT2D eigenvalue weighted by Crippen LogP contribution is 2.24. The zero-order valence-corrected chi connectivity index (χ0v) is 17.8. The van der Waals surface area contributed by atoms with Crippen molar-refractivity contribution in [2.24, 2.45) is 5.73 Å². The summed E-state index contributed by atoms with van der Waals surface area (Å²) in [4.78, 5) is 17.3. The molecule has 4 aromatic rings. The van der Waals surface area contributed by atoms with Crippen LogP contribution < -0.4 is 16.4 Å². The highest BCUT2D eigenvalue weighted by Gasteiger charge is 2.18. The molecule has 0 aliphatic rings. The van der Waals surface area contributed by atoms with Crippen LogP contribution in [0.1, 0.15) is 34.5 Å². The fourth-order valence-corrected chi connectivity index (χ4v) is 4.17. The number of hydrogen-bond acceptors (Lipinski definition) is 4. The van der Waals surface area contributed by atoms with Gasteiger partial charge in [0, 0.05) is 5.38 Å². The van der Waals surface area contributed by atoms with E-state index in [1.165, 1.54) is 11.3 Å². The average Bonchev–Trinajstić information content (AvgIpc) is 3.28. The molecule has 1 unspecified atom stereocenters. The number of carbonyl (C=O) groups excluding carboxylic acids is 1. The summed E-state index contributed by atoms with van der Waals surface area (Å²) in [5, 5.41) is 8.34. The van der Waals surface area contributed by atoms with Crippen LogP contribution in [0.25, 0.3) is 0 Å². The maximum Gasteiger partial charge on any atom is 0.321 e. The van der Waals surface area contributed by atoms with E-state index in [0.29, 0.717) is 11.6 Å². The number of nitrogens with zero attached hydrogens (tertiary/aromatic N) is 1. The van der Waals surface area contributed by atoms with Gasteiger partial charge in [0.25, 0.3) is 0 Å². The van der Waals surface area contributed by atoms with Gasteiger partial charge in [-0.05, 0) is 23.1 Å². The summed E-state index contributed by atoms with van der Waals surface area (Å²) in [5.74, 6) is 0. The van der Waals surface area contributed by atoms with Gasteiger partial charge < -0.3 is 11.1 Å². The fourth-order valence-electron chi connectivity index (χ4n) is 3.40. The van der Waals surface area contributed by atoms with Crippen molar-refractivity contribution in [1.82, 2.24) is 10.3 Å². The normalized spacial score (nSPS) is 11.8. The summed E-state index contributed by atoms with van der Waals surface area (Å²) in [6, 6.07) is 29.1. The minimum atomic E-state index is -0.310. The second-order valence-corrected chi connectivity index (χ2v) is 8.08. The molecular weight excluding hydrogens is 404 g/mol. The molecule has 6 heteroatoms. The number of benzene rings is 3. The van der Waals surface area contributed by atoms with E-state index in [1.807, 2.05) is 96.4 Å². The monoisotopic (exact) mass is 428 g/mol. The first-order valence-electron chi connectivity index (χ1n) is 10.1. The number of amides is 2. The maximum absolute atomic E-state index is 12.8. The van der Waals surface area contributed by atoms with Gasteiger partial charge in [0.15, 0.2) is 5.13 Å². The number of nitrogens with two attached hydrogens (primary N) is 1. The van der Waals surface area contributed by atoms with Gasteiger partial charge in [-0.1, -0.05) is 91.0 Å². The first-order valence-corrected chi connectivity index (χ1v) is 11.0. The SMILES string of the molecule is NC(Cc1ccccc1)c1csc(NC(=O)NC(c2ccccc2)c2ccccc2)n1. The predicted molar refractivity (Wildman–Crippen MR) is 126 cm³/mol. The first kappa shape index (κ1) is 20.8. The fraction of sp³-hybridized carbons (Fsp3) is 0.120. The Labute approximate surface area is 186 Å². The van der Waals surface area contributed by atoms with Crippen LogP contribution in [0.3, 0.4) is 0 Å². The number of aromatic nitrogens is 1. The van der Waals surface area contributed by atoms with Crippen molar-refractivity contribution in [2.45, 2.75) is 18.5 Å². The Morgan fingerprint density at radius 1 is 0.871 bits per heavy atom. The van der Waals surface area contributed by atoms with Crippen molar-refractivity contribution in [3.63, 3.8) is 0 Å². The Hall–Kier alpha value is -3.48. The molecule has 0 aliphatic heterocycles. The Balaban J connectivity index is 1.43. The van der Waals surface area contributed by atoms with Gasteiger partial charge in [-0.25, -0.2) is 9.78 Å². The molecule has 5 nitrogen and oxygen atoms in total. The number of nitrogens with one attached hydrogen (secondary N) is 2. The molecule has 0 spiro atoms. The van der Waals surface area contributed by atoms with Crippen molar-refractivity contribution >= 4 is 22.5 Å². The quantitative estimate of drug-likeness (QED) is 0.374. The second-order valence-electron chi connectivity index (χ2n) is 7.23. The van der Waals surface area contributed by atoms with Crippen molar-refractivity contribution in [1.29, 1.82) is 0 Å². The predicted octanol–water partition coefficient (Wildman–Crippen LogP) is 5.30. The van der Waals surface area contributed by atoms with E-state index >= 15 is 0 Å². The van der Waals surface area contributed by atoms with Crippen molar-refractivity contribution in [2.75, 3.05) is 5.32 Å². The maximum atomic E-state index is 12.8. The van der Waals surface area contributed by atoms with E-state index < -0.39 is 0 Å². The molecule has 0 saturated heterocycles. The molecule has 0 radical (unpaired) electrons. The Morgan fingerprint density at radius 2 is 1.42 bits per heavy atom. The van der Waals surface area contributed by atoms with Crippen LogP contribution in [-0.2, 0) is 6.42 Å². The molecule has 0 fully saturated rings.